The molecule has 1 aromatic heterocycles. The van der Waals surface area contributed by atoms with Crippen LogP contribution in [0.4, 0.5) is 0 Å². The largest absolute Gasteiger partial charge is 0.330 e. The number of aromatic nitrogens is 2. The van der Waals surface area contributed by atoms with Crippen molar-refractivity contribution in [3.63, 3.8) is 0 Å². The van der Waals surface area contributed by atoms with E-state index in [0.29, 0.717) is 12.0 Å². The molecule has 1 saturated heterocycles. The predicted octanol–water partition coefficient (Wildman–Crippen LogP) is 2.48. The Bertz CT molecular complexity index is 582. The Morgan fingerprint density at radius 2 is 2.30 bits per heavy atom. The lowest BCUT2D eigenvalue weighted by Crippen LogP contribution is -2.20. The minimum absolute atomic E-state index is 0.410. The molecule has 106 valence electrons. The Kier molecular flexibility index (Phi) is 3.78. The van der Waals surface area contributed by atoms with Crippen molar-refractivity contribution < 1.29 is 0 Å². The zero-order chi connectivity index (χ0) is 14.1. The van der Waals surface area contributed by atoms with Gasteiger partial charge in [-0.25, -0.2) is 4.68 Å². The van der Waals surface area contributed by atoms with Crippen LogP contribution in [0.1, 0.15) is 18.0 Å². The molecule has 2 N–H and O–H groups in total. The Morgan fingerprint density at radius 1 is 1.45 bits per heavy atom. The average Bonchev–Trinajstić information content (AvgIpc) is 3.07. The molecule has 2 unspecified atom stereocenters. The zero-order valence-corrected chi connectivity index (χ0v) is 12.3. The lowest BCUT2D eigenvalue weighted by atomic mass is 10.00. The second-order valence-electron chi connectivity index (χ2n) is 5.45. The third-order valence-electron chi connectivity index (χ3n) is 4.08. The molecular weight excluding hydrogens is 272 g/mol. The molecule has 0 spiro atoms. The summed E-state index contributed by atoms with van der Waals surface area (Å²) in [5.74, 6) is 0.578. The lowest BCUT2D eigenvalue weighted by molar-refractivity contribution is 0.313. The standard InChI is InChI=1S/C15H19ClN4/c1-19-10-11(9-17)7-15(19)12-3-4-14(13(16)8-12)20-6-2-5-18-20/h2-6,8,11,15H,7,9-10,17H2,1H3. The summed E-state index contributed by atoms with van der Waals surface area (Å²) in [6.07, 6.45) is 4.75. The Hall–Kier alpha value is -1.36. The molecule has 0 amide bonds. The summed E-state index contributed by atoms with van der Waals surface area (Å²) in [7, 11) is 2.15. The summed E-state index contributed by atoms with van der Waals surface area (Å²) in [6, 6.07) is 8.53. The van der Waals surface area contributed by atoms with Crippen LogP contribution in [0.5, 0.6) is 0 Å². The van der Waals surface area contributed by atoms with Crippen molar-refractivity contribution in [1.82, 2.24) is 14.7 Å². The first-order valence-corrected chi connectivity index (χ1v) is 7.26. The summed E-state index contributed by atoms with van der Waals surface area (Å²) < 4.78 is 1.78. The van der Waals surface area contributed by atoms with Crippen LogP contribution in [0, 0.1) is 5.92 Å². The van der Waals surface area contributed by atoms with Crippen molar-refractivity contribution in [3.05, 3.63) is 47.2 Å². The summed E-state index contributed by atoms with van der Waals surface area (Å²) >= 11 is 6.41. The molecule has 4 nitrogen and oxygen atoms in total. The third-order valence-corrected chi connectivity index (χ3v) is 4.38. The molecule has 5 heteroatoms. The molecule has 0 radical (unpaired) electrons. The van der Waals surface area contributed by atoms with Gasteiger partial charge in [0.2, 0.25) is 0 Å². The monoisotopic (exact) mass is 290 g/mol. The fourth-order valence-corrected chi connectivity index (χ4v) is 3.27. The fraction of sp³-hybridized carbons (Fsp3) is 0.400. The van der Waals surface area contributed by atoms with E-state index in [0.717, 1.165) is 30.2 Å². The number of rotatable bonds is 3. The highest BCUT2D eigenvalue weighted by Crippen LogP contribution is 2.35. The van der Waals surface area contributed by atoms with Gasteiger partial charge in [-0.15, -0.1) is 0 Å². The van der Waals surface area contributed by atoms with Gasteiger partial charge in [0, 0.05) is 25.0 Å². The van der Waals surface area contributed by atoms with E-state index in [9.17, 15) is 0 Å². The van der Waals surface area contributed by atoms with Crippen LogP contribution in [0.2, 0.25) is 5.02 Å². The third kappa shape index (κ3) is 2.46. The van der Waals surface area contributed by atoms with Crippen LogP contribution in [0.25, 0.3) is 5.69 Å². The van der Waals surface area contributed by atoms with Gasteiger partial charge in [-0.3, -0.25) is 4.90 Å². The van der Waals surface area contributed by atoms with Gasteiger partial charge in [0.25, 0.3) is 0 Å². The molecule has 2 heterocycles. The summed E-state index contributed by atoms with van der Waals surface area (Å²) in [4.78, 5) is 2.36. The van der Waals surface area contributed by atoms with Crippen LogP contribution in [0.15, 0.2) is 36.7 Å². The average molecular weight is 291 g/mol. The first-order valence-electron chi connectivity index (χ1n) is 6.89. The van der Waals surface area contributed by atoms with Gasteiger partial charge < -0.3 is 5.73 Å². The number of hydrogen-bond acceptors (Lipinski definition) is 3. The Morgan fingerprint density at radius 3 is 2.90 bits per heavy atom. The second kappa shape index (κ2) is 5.56. The molecule has 2 aromatic rings. The fourth-order valence-electron chi connectivity index (χ4n) is 2.99. The SMILES string of the molecule is CN1CC(CN)CC1c1ccc(-n2cccn2)c(Cl)c1. The molecule has 0 bridgehead atoms. The van der Waals surface area contributed by atoms with Crippen molar-refractivity contribution in [1.29, 1.82) is 0 Å². The van der Waals surface area contributed by atoms with E-state index >= 15 is 0 Å². The minimum atomic E-state index is 0.410. The van der Waals surface area contributed by atoms with E-state index in [-0.39, 0.29) is 0 Å². The van der Waals surface area contributed by atoms with E-state index in [4.69, 9.17) is 17.3 Å². The first kappa shape index (κ1) is 13.6. The van der Waals surface area contributed by atoms with Crippen molar-refractivity contribution in [2.24, 2.45) is 11.7 Å². The topological polar surface area (TPSA) is 47.1 Å². The molecule has 2 atom stereocenters. The molecule has 1 fully saturated rings. The highest BCUT2D eigenvalue weighted by atomic mass is 35.5. The highest BCUT2D eigenvalue weighted by Gasteiger charge is 2.29. The van der Waals surface area contributed by atoms with Gasteiger partial charge in [-0.1, -0.05) is 17.7 Å². The van der Waals surface area contributed by atoms with Gasteiger partial charge in [0.1, 0.15) is 0 Å². The van der Waals surface area contributed by atoms with Crippen molar-refractivity contribution in [3.8, 4) is 5.69 Å². The maximum atomic E-state index is 6.41. The van der Waals surface area contributed by atoms with Crippen LogP contribution >= 0.6 is 11.6 Å². The summed E-state index contributed by atoms with van der Waals surface area (Å²) in [6.45, 7) is 1.81. The van der Waals surface area contributed by atoms with Gasteiger partial charge in [-0.05, 0) is 49.7 Å². The van der Waals surface area contributed by atoms with Crippen molar-refractivity contribution in [2.75, 3.05) is 20.1 Å². The summed E-state index contributed by atoms with van der Waals surface area (Å²) in [5.41, 5.74) is 7.96. The maximum Gasteiger partial charge on any atom is 0.0831 e. The Balaban J connectivity index is 1.88. The molecular formula is C15H19ClN4. The highest BCUT2D eigenvalue weighted by molar-refractivity contribution is 6.32. The smallest absolute Gasteiger partial charge is 0.0831 e. The number of hydrogen-bond donors (Lipinski definition) is 1. The molecule has 1 aliphatic rings. The number of benzene rings is 1. The van der Waals surface area contributed by atoms with E-state index in [1.165, 1.54) is 5.56 Å². The van der Waals surface area contributed by atoms with E-state index in [2.05, 4.69) is 29.2 Å². The quantitative estimate of drug-likeness (QED) is 0.945. The molecule has 0 saturated carbocycles. The zero-order valence-electron chi connectivity index (χ0n) is 11.5. The molecule has 0 aliphatic carbocycles. The second-order valence-corrected chi connectivity index (χ2v) is 5.86. The number of likely N-dealkylation sites (tertiary alicyclic amines) is 1. The number of nitrogens with zero attached hydrogens (tertiary/aromatic N) is 3. The van der Waals surface area contributed by atoms with Crippen LogP contribution in [0.3, 0.4) is 0 Å². The van der Waals surface area contributed by atoms with Gasteiger partial charge in [-0.2, -0.15) is 5.10 Å². The van der Waals surface area contributed by atoms with E-state index in [1.807, 2.05) is 18.3 Å². The molecule has 3 rings (SSSR count). The minimum Gasteiger partial charge on any atom is -0.330 e. The predicted molar refractivity (Wildman–Crippen MR) is 81.1 cm³/mol. The molecule has 1 aliphatic heterocycles. The van der Waals surface area contributed by atoms with Crippen molar-refractivity contribution >= 4 is 11.6 Å². The molecule has 20 heavy (non-hydrogen) atoms. The van der Waals surface area contributed by atoms with Crippen LogP contribution < -0.4 is 5.73 Å². The van der Waals surface area contributed by atoms with Crippen LogP contribution in [-0.4, -0.2) is 34.8 Å². The van der Waals surface area contributed by atoms with E-state index < -0.39 is 0 Å². The lowest BCUT2D eigenvalue weighted by Gasteiger charge is -2.20. The van der Waals surface area contributed by atoms with Gasteiger partial charge >= 0.3 is 0 Å². The first-order chi connectivity index (χ1) is 9.69. The molecule has 1 aromatic carbocycles. The van der Waals surface area contributed by atoms with Gasteiger partial charge in [0.05, 0.1) is 10.7 Å². The maximum absolute atomic E-state index is 6.41. The van der Waals surface area contributed by atoms with Gasteiger partial charge in [0.15, 0.2) is 0 Å². The Labute approximate surface area is 124 Å². The van der Waals surface area contributed by atoms with E-state index in [1.54, 1.807) is 10.9 Å². The number of halogens is 1. The summed E-state index contributed by atoms with van der Waals surface area (Å²) in [5, 5.41) is 4.95. The normalized spacial score (nSPS) is 23.4. The van der Waals surface area contributed by atoms with Crippen LogP contribution in [-0.2, 0) is 0 Å². The van der Waals surface area contributed by atoms with Crippen molar-refractivity contribution in [2.45, 2.75) is 12.5 Å². The number of nitrogens with two attached hydrogens (primary N) is 1.